The third kappa shape index (κ3) is 4.37. The molecule has 0 spiro atoms. The largest absolute Gasteiger partial charge is 0.396 e. The maximum Gasteiger partial charge on any atom is 0.0629 e. The van der Waals surface area contributed by atoms with Crippen LogP contribution >= 0.6 is 0 Å². The van der Waals surface area contributed by atoms with E-state index in [0.29, 0.717) is 12.5 Å². The first-order valence-electron chi connectivity index (χ1n) is 5.74. The van der Waals surface area contributed by atoms with Crippen LogP contribution in [0.4, 0.5) is 0 Å². The molecule has 0 unspecified atom stereocenters. The first-order valence-corrected chi connectivity index (χ1v) is 5.74. The second kappa shape index (κ2) is 6.55. The highest BCUT2D eigenvalue weighted by atomic mass is 16.5. The van der Waals surface area contributed by atoms with Crippen LogP contribution < -0.4 is 0 Å². The topological polar surface area (TPSA) is 69.9 Å². The Bertz CT molecular complexity index is 177. The van der Waals surface area contributed by atoms with Crippen molar-refractivity contribution in [1.82, 2.24) is 0 Å². The summed E-state index contributed by atoms with van der Waals surface area (Å²) in [6, 6.07) is 0. The summed E-state index contributed by atoms with van der Waals surface area (Å²) in [5.74, 6) is 0.485. The average molecular weight is 234 g/mol. The van der Waals surface area contributed by atoms with Crippen molar-refractivity contribution in [1.29, 1.82) is 0 Å². The molecule has 0 aliphatic heterocycles. The Morgan fingerprint density at radius 2 is 1.38 bits per heavy atom. The number of ether oxygens (including phenoxy) is 1. The first-order chi connectivity index (χ1) is 7.33. The Balaban J connectivity index is 4.14. The fourth-order valence-corrected chi connectivity index (χ4v) is 0.984. The van der Waals surface area contributed by atoms with Gasteiger partial charge in [-0.05, 0) is 11.3 Å². The summed E-state index contributed by atoms with van der Waals surface area (Å²) >= 11 is 0. The van der Waals surface area contributed by atoms with Gasteiger partial charge in [0.1, 0.15) is 0 Å². The maximum atomic E-state index is 9.12. The molecular weight excluding hydrogens is 208 g/mol. The van der Waals surface area contributed by atoms with E-state index in [1.165, 1.54) is 0 Å². The van der Waals surface area contributed by atoms with Crippen LogP contribution in [0.25, 0.3) is 0 Å². The third-order valence-corrected chi connectivity index (χ3v) is 3.45. The number of aliphatic hydroxyl groups is 3. The van der Waals surface area contributed by atoms with Crippen LogP contribution in [-0.2, 0) is 4.74 Å². The second-order valence-electron chi connectivity index (χ2n) is 5.61. The lowest BCUT2D eigenvalue weighted by Crippen LogP contribution is -2.40. The van der Waals surface area contributed by atoms with Crippen LogP contribution in [0.3, 0.4) is 0 Å². The van der Waals surface area contributed by atoms with Gasteiger partial charge < -0.3 is 20.1 Å². The molecule has 16 heavy (non-hydrogen) atoms. The lowest BCUT2D eigenvalue weighted by Gasteiger charge is -2.32. The van der Waals surface area contributed by atoms with Gasteiger partial charge in [0.25, 0.3) is 0 Å². The lowest BCUT2D eigenvalue weighted by molar-refractivity contribution is -0.0764. The minimum absolute atomic E-state index is 0.0477. The number of hydrogen-bond acceptors (Lipinski definition) is 4. The van der Waals surface area contributed by atoms with Crippen LogP contribution in [0.5, 0.6) is 0 Å². The van der Waals surface area contributed by atoms with Gasteiger partial charge in [-0.25, -0.2) is 0 Å². The molecule has 0 rings (SSSR count). The fraction of sp³-hybridized carbons (Fsp3) is 1.00. The summed E-state index contributed by atoms with van der Waals surface area (Å²) in [6.07, 6.45) is 0. The molecule has 0 atom stereocenters. The normalized spacial score (nSPS) is 13.5. The minimum Gasteiger partial charge on any atom is -0.396 e. The fourth-order valence-electron chi connectivity index (χ4n) is 0.984. The monoisotopic (exact) mass is 234 g/mol. The molecule has 4 heteroatoms. The van der Waals surface area contributed by atoms with Crippen LogP contribution in [0.15, 0.2) is 0 Å². The Labute approximate surface area is 98.2 Å². The predicted molar refractivity (Wildman–Crippen MR) is 63.1 cm³/mol. The highest BCUT2D eigenvalue weighted by Crippen LogP contribution is 2.27. The maximum absolute atomic E-state index is 9.12. The van der Waals surface area contributed by atoms with Crippen molar-refractivity contribution in [2.75, 3.05) is 33.0 Å². The summed E-state index contributed by atoms with van der Waals surface area (Å²) < 4.78 is 5.52. The van der Waals surface area contributed by atoms with E-state index in [0.717, 1.165) is 0 Å². The second-order valence-corrected chi connectivity index (χ2v) is 5.61. The first kappa shape index (κ1) is 15.8. The number of aliphatic hydroxyl groups excluding tert-OH is 3. The van der Waals surface area contributed by atoms with Gasteiger partial charge >= 0.3 is 0 Å². The zero-order chi connectivity index (χ0) is 12.8. The van der Waals surface area contributed by atoms with Gasteiger partial charge in [0, 0.05) is 0 Å². The molecule has 0 saturated carbocycles. The highest BCUT2D eigenvalue weighted by Gasteiger charge is 2.30. The summed E-state index contributed by atoms with van der Waals surface area (Å²) in [6.45, 7) is 8.36. The van der Waals surface area contributed by atoms with Crippen molar-refractivity contribution < 1.29 is 20.1 Å². The average Bonchev–Trinajstić information content (AvgIpc) is 2.25. The van der Waals surface area contributed by atoms with E-state index in [1.54, 1.807) is 0 Å². The summed E-state index contributed by atoms with van der Waals surface area (Å²) in [4.78, 5) is 0. The third-order valence-electron chi connectivity index (χ3n) is 3.45. The van der Waals surface area contributed by atoms with E-state index in [2.05, 4.69) is 27.7 Å². The molecule has 4 nitrogen and oxygen atoms in total. The standard InChI is InChI=1S/C12H26O4/c1-10(2)11(3,4)8-16-9-12(5-13,6-14)7-15/h10,13-15H,5-9H2,1-4H3. The highest BCUT2D eigenvalue weighted by molar-refractivity contribution is 4.78. The molecule has 3 N–H and O–H groups in total. The van der Waals surface area contributed by atoms with Crippen LogP contribution in [0, 0.1) is 16.7 Å². The van der Waals surface area contributed by atoms with Gasteiger partial charge in [-0.15, -0.1) is 0 Å². The molecule has 0 saturated heterocycles. The van der Waals surface area contributed by atoms with Gasteiger partial charge in [-0.1, -0.05) is 27.7 Å². The summed E-state index contributed by atoms with van der Waals surface area (Å²) in [5.41, 5.74) is -0.876. The molecule has 0 aliphatic carbocycles. The zero-order valence-electron chi connectivity index (χ0n) is 10.9. The molecule has 0 aromatic carbocycles. The van der Waals surface area contributed by atoms with E-state index >= 15 is 0 Å². The predicted octanol–water partition coefficient (Wildman–Crippen LogP) is 0.649. The number of hydrogen-bond donors (Lipinski definition) is 3. The SMILES string of the molecule is CC(C)C(C)(C)COCC(CO)(CO)CO. The van der Waals surface area contributed by atoms with Crippen molar-refractivity contribution >= 4 is 0 Å². The van der Waals surface area contributed by atoms with Gasteiger partial charge in [-0.2, -0.15) is 0 Å². The molecule has 0 bridgehead atoms. The van der Waals surface area contributed by atoms with Crippen LogP contribution in [0.1, 0.15) is 27.7 Å². The van der Waals surface area contributed by atoms with Crippen molar-refractivity contribution in [3.8, 4) is 0 Å². The Kier molecular flexibility index (Phi) is 6.48. The van der Waals surface area contributed by atoms with E-state index in [-0.39, 0.29) is 31.8 Å². The van der Waals surface area contributed by atoms with Gasteiger partial charge in [0.05, 0.1) is 38.4 Å². The molecule has 0 aromatic rings. The number of rotatable bonds is 8. The molecule has 0 aliphatic rings. The van der Waals surface area contributed by atoms with Crippen LogP contribution in [0.2, 0.25) is 0 Å². The molecule has 0 heterocycles. The zero-order valence-corrected chi connectivity index (χ0v) is 10.9. The van der Waals surface area contributed by atoms with Crippen LogP contribution in [-0.4, -0.2) is 48.4 Å². The van der Waals surface area contributed by atoms with E-state index in [9.17, 15) is 0 Å². The molecule has 0 radical (unpaired) electrons. The van der Waals surface area contributed by atoms with Crippen molar-refractivity contribution in [2.45, 2.75) is 27.7 Å². The smallest absolute Gasteiger partial charge is 0.0629 e. The van der Waals surface area contributed by atoms with Crippen molar-refractivity contribution in [3.63, 3.8) is 0 Å². The molecule has 0 fully saturated rings. The van der Waals surface area contributed by atoms with Gasteiger partial charge in [0.15, 0.2) is 0 Å². The Morgan fingerprint density at radius 1 is 0.938 bits per heavy atom. The van der Waals surface area contributed by atoms with Gasteiger partial charge in [-0.3, -0.25) is 0 Å². The molecule has 0 aromatic heterocycles. The molecule has 98 valence electrons. The van der Waals surface area contributed by atoms with Gasteiger partial charge in [0.2, 0.25) is 0 Å². The molecular formula is C12H26O4. The lowest BCUT2D eigenvalue weighted by atomic mass is 9.82. The summed E-state index contributed by atoms with van der Waals surface area (Å²) in [7, 11) is 0. The quantitative estimate of drug-likeness (QED) is 0.577. The van der Waals surface area contributed by atoms with Crippen molar-refractivity contribution in [3.05, 3.63) is 0 Å². The van der Waals surface area contributed by atoms with E-state index in [4.69, 9.17) is 20.1 Å². The minimum atomic E-state index is -0.924. The summed E-state index contributed by atoms with van der Waals surface area (Å²) in [5, 5.41) is 27.3. The Hall–Kier alpha value is -0.160. The Morgan fingerprint density at radius 3 is 1.69 bits per heavy atom. The van der Waals surface area contributed by atoms with Crippen molar-refractivity contribution in [2.24, 2.45) is 16.7 Å². The van der Waals surface area contributed by atoms with E-state index < -0.39 is 5.41 Å². The molecule has 0 amide bonds. The van der Waals surface area contributed by atoms with E-state index in [1.807, 2.05) is 0 Å².